The standard InChI is InChI=1S/C13H17ClN2O3/c14-11-6-8-15-9-10(11)13(19)16-7-4-2-1-3-5-12(17)18/h6,8-9H,1-5,7H2,(H,16,19)(H,17,18). The van der Waals surface area contributed by atoms with Crippen LogP contribution in [0.4, 0.5) is 0 Å². The number of carbonyl (C=O) groups excluding carboxylic acids is 1. The summed E-state index contributed by atoms with van der Waals surface area (Å²) >= 11 is 5.87. The molecule has 0 atom stereocenters. The minimum atomic E-state index is -0.764. The van der Waals surface area contributed by atoms with Gasteiger partial charge in [-0.15, -0.1) is 0 Å². The number of amides is 1. The molecule has 6 heteroatoms. The molecule has 0 aliphatic rings. The van der Waals surface area contributed by atoms with E-state index in [4.69, 9.17) is 16.7 Å². The second-order valence-corrected chi connectivity index (χ2v) is 4.58. The predicted molar refractivity (Wildman–Crippen MR) is 72.3 cm³/mol. The van der Waals surface area contributed by atoms with Crippen LogP contribution in [0.25, 0.3) is 0 Å². The summed E-state index contributed by atoms with van der Waals surface area (Å²) in [6.45, 7) is 0.553. The van der Waals surface area contributed by atoms with Gasteiger partial charge in [0.2, 0.25) is 0 Å². The quantitative estimate of drug-likeness (QED) is 0.719. The summed E-state index contributed by atoms with van der Waals surface area (Å²) in [7, 11) is 0. The van der Waals surface area contributed by atoms with Gasteiger partial charge in [-0.3, -0.25) is 14.6 Å². The van der Waals surface area contributed by atoms with E-state index in [1.165, 1.54) is 12.4 Å². The van der Waals surface area contributed by atoms with E-state index in [0.717, 1.165) is 19.3 Å². The van der Waals surface area contributed by atoms with E-state index in [0.29, 0.717) is 23.6 Å². The number of rotatable bonds is 8. The molecular weight excluding hydrogens is 268 g/mol. The lowest BCUT2D eigenvalue weighted by Crippen LogP contribution is -2.24. The molecule has 0 aromatic carbocycles. The smallest absolute Gasteiger partial charge is 0.303 e. The first-order valence-electron chi connectivity index (χ1n) is 6.21. The summed E-state index contributed by atoms with van der Waals surface area (Å²) in [5, 5.41) is 11.6. The normalized spacial score (nSPS) is 10.2. The molecule has 0 saturated carbocycles. The van der Waals surface area contributed by atoms with Gasteiger partial charge in [-0.1, -0.05) is 24.4 Å². The predicted octanol–water partition coefficient (Wildman–Crippen LogP) is 2.50. The zero-order valence-electron chi connectivity index (χ0n) is 10.6. The van der Waals surface area contributed by atoms with E-state index in [2.05, 4.69) is 10.3 Å². The Balaban J connectivity index is 2.15. The lowest BCUT2D eigenvalue weighted by atomic mass is 10.1. The van der Waals surface area contributed by atoms with Crippen LogP contribution >= 0.6 is 11.6 Å². The minimum Gasteiger partial charge on any atom is -0.481 e. The van der Waals surface area contributed by atoms with Crippen molar-refractivity contribution in [3.8, 4) is 0 Å². The van der Waals surface area contributed by atoms with E-state index < -0.39 is 5.97 Å². The van der Waals surface area contributed by atoms with Crippen LogP contribution in [0.5, 0.6) is 0 Å². The zero-order valence-corrected chi connectivity index (χ0v) is 11.3. The Hall–Kier alpha value is -1.62. The molecule has 5 nitrogen and oxygen atoms in total. The molecule has 1 aromatic rings. The molecule has 2 N–H and O–H groups in total. The van der Waals surface area contributed by atoms with Gasteiger partial charge in [0.15, 0.2) is 0 Å². The second-order valence-electron chi connectivity index (χ2n) is 4.17. The van der Waals surface area contributed by atoms with E-state index in [1.54, 1.807) is 6.07 Å². The fraction of sp³-hybridized carbons (Fsp3) is 0.462. The highest BCUT2D eigenvalue weighted by molar-refractivity contribution is 6.33. The van der Waals surface area contributed by atoms with Crippen LogP contribution in [0.2, 0.25) is 5.02 Å². The number of carbonyl (C=O) groups is 2. The third kappa shape index (κ3) is 6.20. The number of aromatic nitrogens is 1. The Morgan fingerprint density at radius 3 is 2.68 bits per heavy atom. The van der Waals surface area contributed by atoms with E-state index in [-0.39, 0.29) is 12.3 Å². The van der Waals surface area contributed by atoms with Crippen LogP contribution < -0.4 is 5.32 Å². The van der Waals surface area contributed by atoms with Crippen molar-refractivity contribution in [2.24, 2.45) is 0 Å². The van der Waals surface area contributed by atoms with Crippen molar-refractivity contribution in [2.45, 2.75) is 32.1 Å². The van der Waals surface area contributed by atoms with Crippen molar-refractivity contribution in [1.82, 2.24) is 10.3 Å². The van der Waals surface area contributed by atoms with Gasteiger partial charge in [0, 0.05) is 25.4 Å². The maximum absolute atomic E-state index is 11.7. The maximum atomic E-state index is 11.7. The van der Waals surface area contributed by atoms with Crippen molar-refractivity contribution in [3.05, 3.63) is 29.0 Å². The highest BCUT2D eigenvalue weighted by Gasteiger charge is 2.08. The second kappa shape index (κ2) is 8.48. The molecule has 1 aromatic heterocycles. The fourth-order valence-electron chi connectivity index (χ4n) is 1.60. The Labute approximate surface area is 117 Å². The van der Waals surface area contributed by atoms with Crippen molar-refractivity contribution in [2.75, 3.05) is 6.54 Å². The van der Waals surface area contributed by atoms with Crippen molar-refractivity contribution in [3.63, 3.8) is 0 Å². The lowest BCUT2D eigenvalue weighted by Gasteiger charge is -2.05. The number of halogens is 1. The van der Waals surface area contributed by atoms with Gasteiger partial charge in [-0.05, 0) is 18.9 Å². The van der Waals surface area contributed by atoms with Gasteiger partial charge in [0.1, 0.15) is 0 Å². The molecule has 0 bridgehead atoms. The van der Waals surface area contributed by atoms with Crippen LogP contribution in [0.3, 0.4) is 0 Å². The van der Waals surface area contributed by atoms with E-state index >= 15 is 0 Å². The topological polar surface area (TPSA) is 79.3 Å². The number of carboxylic acids is 1. The molecule has 104 valence electrons. The van der Waals surface area contributed by atoms with Gasteiger partial charge in [-0.2, -0.15) is 0 Å². The minimum absolute atomic E-state index is 0.206. The Bertz CT molecular complexity index is 438. The third-order valence-electron chi connectivity index (χ3n) is 2.62. The van der Waals surface area contributed by atoms with Crippen molar-refractivity contribution in [1.29, 1.82) is 0 Å². The van der Waals surface area contributed by atoms with Gasteiger partial charge in [0.05, 0.1) is 10.6 Å². The zero-order chi connectivity index (χ0) is 14.1. The van der Waals surface area contributed by atoms with Crippen LogP contribution in [0.15, 0.2) is 18.5 Å². The summed E-state index contributed by atoms with van der Waals surface area (Å²) in [5.74, 6) is -0.997. The van der Waals surface area contributed by atoms with E-state index in [9.17, 15) is 9.59 Å². The molecule has 0 fully saturated rings. The van der Waals surface area contributed by atoms with Gasteiger partial charge < -0.3 is 10.4 Å². The fourth-order valence-corrected chi connectivity index (χ4v) is 1.79. The first-order chi connectivity index (χ1) is 9.11. The molecule has 0 radical (unpaired) electrons. The summed E-state index contributed by atoms with van der Waals surface area (Å²) in [6.07, 6.45) is 6.43. The van der Waals surface area contributed by atoms with Gasteiger partial charge >= 0.3 is 5.97 Å². The summed E-state index contributed by atoms with van der Waals surface area (Å²) in [5.41, 5.74) is 0.370. The number of aliphatic carboxylic acids is 1. The molecule has 19 heavy (non-hydrogen) atoms. The molecule has 0 spiro atoms. The van der Waals surface area contributed by atoms with Crippen LogP contribution in [-0.4, -0.2) is 28.5 Å². The van der Waals surface area contributed by atoms with Crippen LogP contribution in [0.1, 0.15) is 42.5 Å². The van der Waals surface area contributed by atoms with Crippen molar-refractivity contribution >= 4 is 23.5 Å². The van der Waals surface area contributed by atoms with Crippen LogP contribution in [0, 0.1) is 0 Å². The Morgan fingerprint density at radius 1 is 1.26 bits per heavy atom. The Kier molecular flexibility index (Phi) is 6.89. The molecule has 0 aliphatic heterocycles. The average Bonchev–Trinajstić information content (AvgIpc) is 2.37. The number of nitrogens with zero attached hydrogens (tertiary/aromatic N) is 1. The Morgan fingerprint density at radius 2 is 2.00 bits per heavy atom. The highest BCUT2D eigenvalue weighted by Crippen LogP contribution is 2.13. The largest absolute Gasteiger partial charge is 0.481 e. The summed E-state index contributed by atoms with van der Waals surface area (Å²) in [6, 6.07) is 1.57. The summed E-state index contributed by atoms with van der Waals surface area (Å²) < 4.78 is 0. The number of nitrogens with one attached hydrogen (secondary N) is 1. The number of hydrogen-bond acceptors (Lipinski definition) is 3. The molecule has 0 aliphatic carbocycles. The molecule has 1 rings (SSSR count). The summed E-state index contributed by atoms with van der Waals surface area (Å²) in [4.78, 5) is 25.9. The molecule has 1 heterocycles. The van der Waals surface area contributed by atoms with Crippen LogP contribution in [-0.2, 0) is 4.79 Å². The number of hydrogen-bond donors (Lipinski definition) is 2. The average molecular weight is 285 g/mol. The first kappa shape index (κ1) is 15.4. The number of unbranched alkanes of at least 4 members (excludes halogenated alkanes) is 3. The van der Waals surface area contributed by atoms with E-state index in [1.807, 2.05) is 0 Å². The third-order valence-corrected chi connectivity index (χ3v) is 2.95. The number of pyridine rings is 1. The van der Waals surface area contributed by atoms with Gasteiger partial charge in [-0.25, -0.2) is 0 Å². The first-order valence-corrected chi connectivity index (χ1v) is 6.58. The highest BCUT2D eigenvalue weighted by atomic mass is 35.5. The molecular formula is C13H17ClN2O3. The lowest BCUT2D eigenvalue weighted by molar-refractivity contribution is -0.137. The van der Waals surface area contributed by atoms with Gasteiger partial charge in [0.25, 0.3) is 5.91 Å². The molecule has 1 amide bonds. The monoisotopic (exact) mass is 284 g/mol. The molecule has 0 saturated heterocycles. The number of carboxylic acid groups (broad SMARTS) is 1. The SMILES string of the molecule is O=C(O)CCCCCCNC(=O)c1cnccc1Cl. The maximum Gasteiger partial charge on any atom is 0.303 e. The van der Waals surface area contributed by atoms with Crippen molar-refractivity contribution < 1.29 is 14.7 Å². The molecule has 0 unspecified atom stereocenters.